The molecule has 0 aliphatic carbocycles. The highest BCUT2D eigenvalue weighted by Gasteiger charge is 2.11. The zero-order valence-electron chi connectivity index (χ0n) is 10.1. The summed E-state index contributed by atoms with van der Waals surface area (Å²) >= 11 is 1.60. The summed E-state index contributed by atoms with van der Waals surface area (Å²) < 4.78 is 7.28. The number of carbonyl (C=O) groups excluding carboxylic acids is 1. The van der Waals surface area contributed by atoms with Gasteiger partial charge in [-0.05, 0) is 12.1 Å². The van der Waals surface area contributed by atoms with Crippen LogP contribution < -0.4 is 0 Å². The van der Waals surface area contributed by atoms with Crippen molar-refractivity contribution in [1.82, 2.24) is 20.0 Å². The zero-order chi connectivity index (χ0) is 13.2. The average Bonchev–Trinajstić information content (AvgIpc) is 3.04. The maximum Gasteiger partial charge on any atom is 0.360 e. The van der Waals surface area contributed by atoms with Crippen LogP contribution in [0.4, 0.5) is 0 Å². The van der Waals surface area contributed by atoms with E-state index in [1.54, 1.807) is 22.2 Å². The van der Waals surface area contributed by atoms with Crippen LogP contribution in [-0.2, 0) is 11.3 Å². The number of hydrogen-bond donors (Lipinski definition) is 0. The van der Waals surface area contributed by atoms with Gasteiger partial charge < -0.3 is 4.74 Å². The van der Waals surface area contributed by atoms with Gasteiger partial charge in [0, 0.05) is 0 Å². The highest BCUT2D eigenvalue weighted by molar-refractivity contribution is 7.18. The summed E-state index contributed by atoms with van der Waals surface area (Å²) in [6.07, 6.45) is 1.55. The quantitative estimate of drug-likeness (QED) is 0.680. The van der Waals surface area contributed by atoms with Gasteiger partial charge in [-0.3, -0.25) is 0 Å². The molecule has 0 unspecified atom stereocenters. The fourth-order valence-corrected chi connectivity index (χ4v) is 2.66. The molecule has 3 aromatic rings. The minimum Gasteiger partial charge on any atom is -0.464 e. The Hall–Kier alpha value is -2.28. The summed E-state index contributed by atoms with van der Waals surface area (Å²) in [5.41, 5.74) is 1.17. The summed E-state index contributed by atoms with van der Waals surface area (Å²) in [5, 5.41) is 8.55. The summed E-state index contributed by atoms with van der Waals surface area (Å²) in [6, 6.07) is 7.93. The Kier molecular flexibility index (Phi) is 2.96. The standard InChI is InChI=1S/C12H10N4O2S/c1-18-12(17)9-6-16(15-14-9)7-11-13-8-4-2-3-5-10(8)19-11/h2-6H,7H2,1H3. The first-order valence-electron chi connectivity index (χ1n) is 5.59. The third kappa shape index (κ3) is 2.32. The molecule has 2 aromatic heterocycles. The van der Waals surface area contributed by atoms with Crippen molar-refractivity contribution in [3.63, 3.8) is 0 Å². The topological polar surface area (TPSA) is 69.9 Å². The number of para-hydroxylation sites is 1. The first-order valence-corrected chi connectivity index (χ1v) is 6.41. The Morgan fingerprint density at radius 1 is 1.42 bits per heavy atom. The Morgan fingerprint density at radius 2 is 2.26 bits per heavy atom. The molecule has 0 saturated carbocycles. The van der Waals surface area contributed by atoms with E-state index in [0.717, 1.165) is 15.2 Å². The first-order chi connectivity index (χ1) is 9.26. The van der Waals surface area contributed by atoms with Crippen LogP contribution in [0.15, 0.2) is 30.5 Å². The van der Waals surface area contributed by atoms with Gasteiger partial charge in [0.15, 0.2) is 5.69 Å². The van der Waals surface area contributed by atoms with Gasteiger partial charge in [-0.2, -0.15) is 0 Å². The SMILES string of the molecule is COC(=O)c1cn(Cc2nc3ccccc3s2)nn1. The van der Waals surface area contributed by atoms with Crippen LogP contribution in [0.2, 0.25) is 0 Å². The molecular weight excluding hydrogens is 264 g/mol. The third-order valence-corrected chi connectivity index (χ3v) is 3.59. The molecule has 7 heteroatoms. The molecule has 19 heavy (non-hydrogen) atoms. The monoisotopic (exact) mass is 274 g/mol. The van der Waals surface area contributed by atoms with Crippen molar-refractivity contribution in [3.05, 3.63) is 41.2 Å². The molecule has 0 atom stereocenters. The summed E-state index contributed by atoms with van der Waals surface area (Å²) in [5.74, 6) is -0.490. The van der Waals surface area contributed by atoms with E-state index in [9.17, 15) is 4.79 Å². The molecule has 3 rings (SSSR count). The highest BCUT2D eigenvalue weighted by Crippen LogP contribution is 2.21. The number of nitrogens with zero attached hydrogens (tertiary/aromatic N) is 4. The van der Waals surface area contributed by atoms with E-state index in [2.05, 4.69) is 20.0 Å². The predicted octanol–water partition coefficient (Wildman–Crippen LogP) is 1.72. The lowest BCUT2D eigenvalue weighted by Gasteiger charge is -1.94. The van der Waals surface area contributed by atoms with Crippen LogP contribution in [0.1, 0.15) is 15.5 Å². The second-order valence-corrected chi connectivity index (χ2v) is 4.98. The second kappa shape index (κ2) is 4.77. The Morgan fingerprint density at radius 3 is 3.05 bits per heavy atom. The second-order valence-electron chi connectivity index (χ2n) is 3.87. The van der Waals surface area contributed by atoms with Crippen molar-refractivity contribution >= 4 is 27.5 Å². The molecular formula is C12H10N4O2S. The molecule has 0 N–H and O–H groups in total. The molecule has 0 fully saturated rings. The number of carbonyl (C=O) groups is 1. The van der Waals surface area contributed by atoms with E-state index in [1.165, 1.54) is 7.11 Å². The predicted molar refractivity (Wildman–Crippen MR) is 70.1 cm³/mol. The normalized spacial score (nSPS) is 10.8. The molecule has 6 nitrogen and oxygen atoms in total. The number of benzene rings is 1. The van der Waals surface area contributed by atoms with Crippen molar-refractivity contribution < 1.29 is 9.53 Å². The molecule has 0 saturated heterocycles. The molecule has 96 valence electrons. The van der Waals surface area contributed by atoms with Crippen molar-refractivity contribution in [2.75, 3.05) is 7.11 Å². The number of hydrogen-bond acceptors (Lipinski definition) is 6. The van der Waals surface area contributed by atoms with Crippen LogP contribution in [0.5, 0.6) is 0 Å². The van der Waals surface area contributed by atoms with Gasteiger partial charge in [0.25, 0.3) is 0 Å². The van der Waals surface area contributed by atoms with Gasteiger partial charge in [-0.15, -0.1) is 16.4 Å². The summed E-state index contributed by atoms with van der Waals surface area (Å²) in [6.45, 7) is 0.489. The van der Waals surface area contributed by atoms with E-state index in [0.29, 0.717) is 6.54 Å². The van der Waals surface area contributed by atoms with Crippen LogP contribution in [-0.4, -0.2) is 33.1 Å². The van der Waals surface area contributed by atoms with E-state index >= 15 is 0 Å². The summed E-state index contributed by atoms with van der Waals surface area (Å²) in [4.78, 5) is 15.8. The Bertz CT molecular complexity index is 701. The number of fused-ring (bicyclic) bond motifs is 1. The van der Waals surface area contributed by atoms with Gasteiger partial charge in [0.2, 0.25) is 0 Å². The van der Waals surface area contributed by atoms with E-state index < -0.39 is 5.97 Å². The molecule has 0 aliphatic rings. The average molecular weight is 274 g/mol. The third-order valence-electron chi connectivity index (χ3n) is 2.57. The molecule has 2 heterocycles. The van der Waals surface area contributed by atoms with E-state index in [-0.39, 0.29) is 5.69 Å². The largest absolute Gasteiger partial charge is 0.464 e. The maximum absolute atomic E-state index is 11.3. The van der Waals surface area contributed by atoms with Crippen LogP contribution in [0.25, 0.3) is 10.2 Å². The van der Waals surface area contributed by atoms with E-state index in [1.807, 2.05) is 24.3 Å². The number of thiazole rings is 1. The van der Waals surface area contributed by atoms with Gasteiger partial charge in [0.1, 0.15) is 5.01 Å². The highest BCUT2D eigenvalue weighted by atomic mass is 32.1. The minimum atomic E-state index is -0.490. The smallest absolute Gasteiger partial charge is 0.360 e. The number of methoxy groups -OCH3 is 1. The molecule has 1 aromatic carbocycles. The van der Waals surface area contributed by atoms with Gasteiger partial charge in [0.05, 0.1) is 30.1 Å². The fourth-order valence-electron chi connectivity index (χ4n) is 1.70. The number of esters is 1. The van der Waals surface area contributed by atoms with Gasteiger partial charge in [-0.25, -0.2) is 14.5 Å². The van der Waals surface area contributed by atoms with Crippen molar-refractivity contribution in [2.24, 2.45) is 0 Å². The molecule has 0 bridgehead atoms. The fraction of sp³-hybridized carbons (Fsp3) is 0.167. The summed E-state index contributed by atoms with van der Waals surface area (Å²) in [7, 11) is 1.31. The molecule has 0 radical (unpaired) electrons. The molecule has 0 amide bonds. The van der Waals surface area contributed by atoms with Crippen molar-refractivity contribution in [1.29, 1.82) is 0 Å². The van der Waals surface area contributed by atoms with Gasteiger partial charge >= 0.3 is 5.97 Å². The Balaban J connectivity index is 1.84. The van der Waals surface area contributed by atoms with Crippen molar-refractivity contribution in [3.8, 4) is 0 Å². The van der Waals surface area contributed by atoms with Crippen LogP contribution in [0, 0.1) is 0 Å². The Labute approximate surface area is 112 Å². The van der Waals surface area contributed by atoms with Crippen LogP contribution >= 0.6 is 11.3 Å². The number of aromatic nitrogens is 4. The zero-order valence-corrected chi connectivity index (χ0v) is 10.9. The number of ether oxygens (including phenoxy) is 1. The minimum absolute atomic E-state index is 0.198. The molecule has 0 spiro atoms. The van der Waals surface area contributed by atoms with Crippen LogP contribution in [0.3, 0.4) is 0 Å². The van der Waals surface area contributed by atoms with Gasteiger partial charge in [-0.1, -0.05) is 17.3 Å². The van der Waals surface area contributed by atoms with Crippen molar-refractivity contribution in [2.45, 2.75) is 6.54 Å². The van der Waals surface area contributed by atoms with E-state index in [4.69, 9.17) is 0 Å². The molecule has 0 aliphatic heterocycles. The lowest BCUT2D eigenvalue weighted by molar-refractivity contribution is 0.0594. The lowest BCUT2D eigenvalue weighted by Crippen LogP contribution is -2.01. The lowest BCUT2D eigenvalue weighted by atomic mass is 10.3. The maximum atomic E-state index is 11.3. The first kappa shape index (κ1) is 11.8. The number of rotatable bonds is 3.